The molecule has 1 N–H and O–H groups in total. The Morgan fingerprint density at radius 3 is 2.40 bits per heavy atom. The van der Waals surface area contributed by atoms with E-state index in [9.17, 15) is 22.0 Å². The third-order valence-corrected chi connectivity index (χ3v) is 6.72. The van der Waals surface area contributed by atoms with Gasteiger partial charge in [-0.2, -0.15) is 0 Å². The maximum Gasteiger partial charge on any atom is 0.226 e. The fourth-order valence-corrected chi connectivity index (χ4v) is 5.28. The molecular weight excluding hydrogens is 410 g/mol. The van der Waals surface area contributed by atoms with Crippen molar-refractivity contribution in [3.05, 3.63) is 59.7 Å². The number of carbonyl (C=O) groups is 1. The van der Waals surface area contributed by atoms with E-state index in [-0.39, 0.29) is 35.3 Å². The fraction of sp³-hybridized carbons (Fsp3) is 0.409. The molecule has 1 aliphatic heterocycles. The van der Waals surface area contributed by atoms with E-state index in [4.69, 9.17) is 0 Å². The van der Waals surface area contributed by atoms with Crippen LogP contribution >= 0.6 is 0 Å². The van der Waals surface area contributed by atoms with E-state index >= 15 is 0 Å². The van der Waals surface area contributed by atoms with E-state index in [1.54, 1.807) is 23.1 Å². The number of hydrogen-bond donors (Lipinski definition) is 1. The molecule has 30 heavy (non-hydrogen) atoms. The zero-order chi connectivity index (χ0) is 21.6. The number of carbonyl (C=O) groups excluding carboxylic acids is 1. The monoisotopic (exact) mass is 434 g/mol. The summed E-state index contributed by atoms with van der Waals surface area (Å²) in [4.78, 5) is 14.7. The molecule has 0 spiro atoms. The van der Waals surface area contributed by atoms with Crippen molar-refractivity contribution >= 4 is 15.9 Å². The summed E-state index contributed by atoms with van der Waals surface area (Å²) in [5.41, 5.74) is 1.16. The lowest BCUT2D eigenvalue weighted by Gasteiger charge is -2.17. The number of hydrogen-bond acceptors (Lipinski definition) is 3. The maximum absolute atomic E-state index is 14.4. The molecule has 0 unspecified atom stereocenters. The van der Waals surface area contributed by atoms with Gasteiger partial charge in [-0.05, 0) is 41.5 Å². The van der Waals surface area contributed by atoms with Gasteiger partial charge in [0.05, 0.1) is 11.8 Å². The third-order valence-electron chi connectivity index (χ3n) is 5.99. The van der Waals surface area contributed by atoms with Crippen molar-refractivity contribution in [3.8, 4) is 11.1 Å². The van der Waals surface area contributed by atoms with Crippen LogP contribution in [0.2, 0.25) is 0 Å². The first kappa shape index (κ1) is 20.9. The molecule has 5 nitrogen and oxygen atoms in total. The Bertz CT molecular complexity index is 1070. The normalized spacial score (nSPS) is 26.1. The molecule has 2 aromatic rings. The van der Waals surface area contributed by atoms with Gasteiger partial charge in [0, 0.05) is 25.0 Å². The molecule has 8 heteroatoms. The summed E-state index contributed by atoms with van der Waals surface area (Å²) >= 11 is 0. The minimum Gasteiger partial charge on any atom is -0.341 e. The van der Waals surface area contributed by atoms with Gasteiger partial charge >= 0.3 is 0 Å². The SMILES string of the molecule is C[C@H]1CN(C(=O)[C@@H]2C[C@H]2c2ccccc2-c2c(F)cccc2F)C[C@H]1NS(C)(=O)=O. The van der Waals surface area contributed by atoms with Crippen LogP contribution in [0, 0.1) is 23.5 Å². The summed E-state index contributed by atoms with van der Waals surface area (Å²) in [5.74, 6) is -1.65. The zero-order valence-electron chi connectivity index (χ0n) is 16.8. The summed E-state index contributed by atoms with van der Waals surface area (Å²) in [6.45, 7) is 2.73. The molecule has 2 aromatic carbocycles. The minimum atomic E-state index is -3.35. The number of likely N-dealkylation sites (tertiary alicyclic amines) is 1. The number of nitrogens with one attached hydrogen (secondary N) is 1. The van der Waals surface area contributed by atoms with Gasteiger partial charge in [-0.25, -0.2) is 21.9 Å². The number of nitrogens with zero attached hydrogens (tertiary/aromatic N) is 1. The lowest BCUT2D eigenvalue weighted by atomic mass is 9.95. The molecule has 0 radical (unpaired) electrons. The molecule has 1 aliphatic carbocycles. The summed E-state index contributed by atoms with van der Waals surface area (Å²) in [7, 11) is -3.35. The molecule has 2 aliphatic rings. The van der Waals surface area contributed by atoms with Gasteiger partial charge in [0.2, 0.25) is 15.9 Å². The van der Waals surface area contributed by atoms with Crippen LogP contribution in [0.1, 0.15) is 24.8 Å². The van der Waals surface area contributed by atoms with Crippen molar-refractivity contribution in [2.24, 2.45) is 11.8 Å². The van der Waals surface area contributed by atoms with Crippen molar-refractivity contribution in [3.63, 3.8) is 0 Å². The summed E-state index contributed by atoms with van der Waals surface area (Å²) in [5, 5.41) is 0. The van der Waals surface area contributed by atoms with Gasteiger partial charge in [0.15, 0.2) is 0 Å². The first-order valence-corrected chi connectivity index (χ1v) is 11.8. The number of amides is 1. The predicted molar refractivity (Wildman–Crippen MR) is 110 cm³/mol. The lowest BCUT2D eigenvalue weighted by Crippen LogP contribution is -2.40. The number of halogens is 2. The van der Waals surface area contributed by atoms with Crippen LogP contribution in [-0.2, 0) is 14.8 Å². The van der Waals surface area contributed by atoms with Crippen molar-refractivity contribution in [2.75, 3.05) is 19.3 Å². The second kappa shape index (κ2) is 7.74. The van der Waals surface area contributed by atoms with Gasteiger partial charge in [-0.15, -0.1) is 0 Å². The molecule has 1 amide bonds. The predicted octanol–water partition coefficient (Wildman–Crippen LogP) is 3.13. The Labute approximate surface area is 175 Å². The van der Waals surface area contributed by atoms with E-state index in [0.29, 0.717) is 25.1 Å². The van der Waals surface area contributed by atoms with Crippen molar-refractivity contribution in [1.82, 2.24) is 9.62 Å². The van der Waals surface area contributed by atoms with Gasteiger partial charge in [-0.1, -0.05) is 37.3 Å². The van der Waals surface area contributed by atoms with Crippen LogP contribution in [0.4, 0.5) is 8.78 Å². The number of sulfonamides is 1. The van der Waals surface area contributed by atoms with E-state index < -0.39 is 21.7 Å². The Morgan fingerprint density at radius 2 is 1.73 bits per heavy atom. The summed E-state index contributed by atoms with van der Waals surface area (Å²) in [6.07, 6.45) is 1.72. The smallest absolute Gasteiger partial charge is 0.226 e. The molecule has 0 bridgehead atoms. The molecule has 2 fully saturated rings. The standard InChI is InChI=1S/C22H24F2N2O3S/c1-13-11-26(12-20(13)25-30(2,28)29)22(27)17-10-16(17)14-6-3-4-7-15(14)21-18(23)8-5-9-19(21)24/h3-9,13,16-17,20,25H,10-12H2,1-2H3/t13-,16-,17+,20+/m0/s1. The highest BCUT2D eigenvalue weighted by molar-refractivity contribution is 7.88. The van der Waals surface area contributed by atoms with Crippen LogP contribution in [0.5, 0.6) is 0 Å². The van der Waals surface area contributed by atoms with Crippen molar-refractivity contribution in [1.29, 1.82) is 0 Å². The van der Waals surface area contributed by atoms with Gasteiger partial charge in [0.1, 0.15) is 11.6 Å². The van der Waals surface area contributed by atoms with E-state index in [1.165, 1.54) is 18.2 Å². The zero-order valence-corrected chi connectivity index (χ0v) is 17.6. The quantitative estimate of drug-likeness (QED) is 0.786. The topological polar surface area (TPSA) is 66.5 Å². The summed E-state index contributed by atoms with van der Waals surface area (Å²) < 4.78 is 54.4. The first-order chi connectivity index (χ1) is 14.2. The second-order valence-electron chi connectivity index (χ2n) is 8.35. The average molecular weight is 435 g/mol. The highest BCUT2D eigenvalue weighted by atomic mass is 32.2. The molecule has 4 atom stereocenters. The molecule has 1 heterocycles. The molecule has 160 valence electrons. The van der Waals surface area contributed by atoms with Crippen molar-refractivity contribution in [2.45, 2.75) is 25.3 Å². The van der Waals surface area contributed by atoms with Gasteiger partial charge in [0.25, 0.3) is 0 Å². The van der Waals surface area contributed by atoms with Crippen LogP contribution in [0.25, 0.3) is 11.1 Å². The van der Waals surface area contributed by atoms with Crippen LogP contribution < -0.4 is 4.72 Å². The number of rotatable bonds is 5. The Balaban J connectivity index is 1.53. The molecule has 0 aromatic heterocycles. The Hall–Kier alpha value is -2.32. The largest absolute Gasteiger partial charge is 0.341 e. The second-order valence-corrected chi connectivity index (χ2v) is 10.1. The maximum atomic E-state index is 14.4. The highest BCUT2D eigenvalue weighted by Gasteiger charge is 2.48. The number of benzene rings is 2. The molecular formula is C22H24F2N2O3S. The summed E-state index contributed by atoms with van der Waals surface area (Å²) in [6, 6.07) is 10.5. The van der Waals surface area contributed by atoms with Crippen LogP contribution in [0.15, 0.2) is 42.5 Å². The molecule has 1 saturated heterocycles. The van der Waals surface area contributed by atoms with Gasteiger partial charge in [-0.3, -0.25) is 4.79 Å². The van der Waals surface area contributed by atoms with Crippen LogP contribution in [0.3, 0.4) is 0 Å². The van der Waals surface area contributed by atoms with E-state index in [1.807, 2.05) is 13.0 Å². The highest BCUT2D eigenvalue weighted by Crippen LogP contribution is 2.51. The average Bonchev–Trinajstić information content (AvgIpc) is 3.38. The van der Waals surface area contributed by atoms with Gasteiger partial charge < -0.3 is 4.90 Å². The third kappa shape index (κ3) is 4.11. The van der Waals surface area contributed by atoms with Crippen molar-refractivity contribution < 1.29 is 22.0 Å². The van der Waals surface area contributed by atoms with E-state index in [0.717, 1.165) is 11.8 Å². The van der Waals surface area contributed by atoms with E-state index in [2.05, 4.69) is 4.72 Å². The molecule has 4 rings (SSSR count). The Morgan fingerprint density at radius 1 is 1.07 bits per heavy atom. The lowest BCUT2D eigenvalue weighted by molar-refractivity contribution is -0.131. The first-order valence-electron chi connectivity index (χ1n) is 9.95. The Kier molecular flexibility index (Phi) is 5.40. The fourth-order valence-electron chi connectivity index (χ4n) is 4.42. The molecule has 1 saturated carbocycles. The minimum absolute atomic E-state index is 0.0145. The van der Waals surface area contributed by atoms with Crippen LogP contribution in [-0.4, -0.2) is 44.6 Å².